The average Bonchev–Trinajstić information content (AvgIpc) is 2.82. The lowest BCUT2D eigenvalue weighted by Gasteiger charge is -2.01. The van der Waals surface area contributed by atoms with Crippen LogP contribution >= 0.6 is 11.8 Å². The summed E-state index contributed by atoms with van der Waals surface area (Å²) in [5.41, 5.74) is 2.62. The number of hydrogen-bond donors (Lipinski definition) is 0. The molecule has 0 N–H and O–H groups in total. The molecule has 17 heavy (non-hydrogen) atoms. The molecule has 84 valence electrons. The van der Waals surface area contributed by atoms with Crippen molar-refractivity contribution in [3.05, 3.63) is 37.1 Å². The third-order valence-corrected chi connectivity index (χ3v) is 2.96. The molecule has 0 saturated carbocycles. The maximum atomic E-state index is 4.45. The molecule has 3 rings (SSSR count). The Hall–Kier alpha value is -1.95. The highest BCUT2D eigenvalue weighted by Crippen LogP contribution is 2.19. The van der Waals surface area contributed by atoms with Crippen LogP contribution in [0.4, 0.5) is 0 Å². The Morgan fingerprint density at radius 1 is 1.18 bits per heavy atom. The van der Waals surface area contributed by atoms with E-state index in [1.165, 1.54) is 11.8 Å². The fourth-order valence-electron chi connectivity index (χ4n) is 1.61. The van der Waals surface area contributed by atoms with Crippen LogP contribution in [0.2, 0.25) is 0 Å². The van der Waals surface area contributed by atoms with Crippen LogP contribution in [0.1, 0.15) is 0 Å². The molecule has 3 aromatic heterocycles. The Morgan fingerprint density at radius 3 is 3.00 bits per heavy atom. The summed E-state index contributed by atoms with van der Waals surface area (Å²) in [6, 6.07) is 1.88. The van der Waals surface area contributed by atoms with Gasteiger partial charge in [0.05, 0.1) is 23.8 Å². The number of nitrogens with zero attached hydrogens (tertiary/aromatic N) is 5. The Morgan fingerprint density at radius 2 is 2.12 bits per heavy atom. The Labute approximate surface area is 102 Å². The zero-order valence-electron chi connectivity index (χ0n) is 9.11. The second kappa shape index (κ2) is 4.14. The average molecular weight is 243 g/mol. The lowest BCUT2D eigenvalue weighted by atomic mass is 10.3. The van der Waals surface area contributed by atoms with Crippen LogP contribution in [0, 0.1) is 0 Å². The molecular formula is C11H9N5S. The first-order chi connectivity index (χ1) is 8.38. The minimum absolute atomic E-state index is 0.756. The van der Waals surface area contributed by atoms with Gasteiger partial charge < -0.3 is 0 Å². The van der Waals surface area contributed by atoms with E-state index < -0.39 is 0 Å². The minimum atomic E-state index is 0.756. The van der Waals surface area contributed by atoms with Crippen molar-refractivity contribution in [1.82, 2.24) is 24.3 Å². The highest BCUT2D eigenvalue weighted by atomic mass is 32.2. The number of rotatable bonds is 2. The van der Waals surface area contributed by atoms with Gasteiger partial charge in [-0.2, -0.15) is 0 Å². The molecule has 0 amide bonds. The Balaban J connectivity index is 2.20. The largest absolute Gasteiger partial charge is 0.295 e. The molecule has 3 aromatic rings. The van der Waals surface area contributed by atoms with Gasteiger partial charge in [-0.05, 0) is 12.3 Å². The lowest BCUT2D eigenvalue weighted by molar-refractivity contribution is 0.967. The third-order valence-electron chi connectivity index (χ3n) is 2.40. The SMILES string of the molecule is CSc1nccc(-c2cnc3cnccn23)n1. The van der Waals surface area contributed by atoms with Crippen LogP contribution in [0.15, 0.2) is 42.2 Å². The number of imidazole rings is 1. The predicted octanol–water partition coefficient (Wildman–Crippen LogP) is 1.91. The Bertz CT molecular complexity index is 664. The highest BCUT2D eigenvalue weighted by Gasteiger charge is 2.07. The molecule has 0 bridgehead atoms. The van der Waals surface area contributed by atoms with E-state index in [4.69, 9.17) is 0 Å². The number of thioether (sulfide) groups is 1. The zero-order valence-corrected chi connectivity index (χ0v) is 9.92. The molecule has 0 aromatic carbocycles. The predicted molar refractivity (Wildman–Crippen MR) is 65.8 cm³/mol. The summed E-state index contributed by atoms with van der Waals surface area (Å²) in [5.74, 6) is 0. The first-order valence-electron chi connectivity index (χ1n) is 5.03. The van der Waals surface area contributed by atoms with Crippen LogP contribution in [0.3, 0.4) is 0 Å². The van der Waals surface area contributed by atoms with Crippen LogP contribution in [-0.4, -0.2) is 30.6 Å². The van der Waals surface area contributed by atoms with Gasteiger partial charge in [0.15, 0.2) is 10.8 Å². The summed E-state index contributed by atoms with van der Waals surface area (Å²) >= 11 is 1.52. The molecule has 0 spiro atoms. The molecule has 0 atom stereocenters. The maximum absolute atomic E-state index is 4.45. The van der Waals surface area contributed by atoms with Crippen molar-refractivity contribution >= 4 is 17.4 Å². The summed E-state index contributed by atoms with van der Waals surface area (Å²) in [5, 5.41) is 0.756. The number of fused-ring (bicyclic) bond motifs is 1. The molecule has 3 heterocycles. The molecule has 6 heteroatoms. The van der Waals surface area contributed by atoms with Gasteiger partial charge in [0.1, 0.15) is 0 Å². The molecule has 0 aliphatic rings. The summed E-state index contributed by atoms with van der Waals surface area (Å²) in [6.07, 6.45) is 10.8. The zero-order chi connectivity index (χ0) is 11.7. The monoisotopic (exact) mass is 243 g/mol. The first-order valence-corrected chi connectivity index (χ1v) is 6.25. The van der Waals surface area contributed by atoms with Gasteiger partial charge in [0.25, 0.3) is 0 Å². The number of hydrogen-bond acceptors (Lipinski definition) is 5. The fourth-order valence-corrected chi connectivity index (χ4v) is 1.97. The van der Waals surface area contributed by atoms with Crippen LogP contribution < -0.4 is 0 Å². The first kappa shape index (κ1) is 10.2. The van der Waals surface area contributed by atoms with E-state index in [2.05, 4.69) is 19.9 Å². The molecule has 5 nitrogen and oxygen atoms in total. The van der Waals surface area contributed by atoms with E-state index in [0.717, 1.165) is 22.2 Å². The van der Waals surface area contributed by atoms with E-state index in [-0.39, 0.29) is 0 Å². The van der Waals surface area contributed by atoms with Gasteiger partial charge in [0, 0.05) is 18.6 Å². The standard InChI is InChI=1S/C11H9N5S/c1-17-11-13-3-2-8(15-11)9-6-14-10-7-12-4-5-16(9)10/h2-7H,1H3. The Kier molecular flexibility index (Phi) is 2.49. The van der Waals surface area contributed by atoms with Crippen molar-refractivity contribution in [2.24, 2.45) is 0 Å². The third kappa shape index (κ3) is 1.76. The van der Waals surface area contributed by atoms with Crippen molar-refractivity contribution in [3.63, 3.8) is 0 Å². The van der Waals surface area contributed by atoms with Crippen molar-refractivity contribution in [2.45, 2.75) is 5.16 Å². The van der Waals surface area contributed by atoms with E-state index in [1.807, 2.05) is 22.9 Å². The molecule has 0 aliphatic carbocycles. The topological polar surface area (TPSA) is 56.0 Å². The molecule has 0 saturated heterocycles. The smallest absolute Gasteiger partial charge is 0.187 e. The van der Waals surface area contributed by atoms with Gasteiger partial charge in [-0.3, -0.25) is 9.38 Å². The molecule has 0 fully saturated rings. The van der Waals surface area contributed by atoms with E-state index in [1.54, 1.807) is 24.8 Å². The quantitative estimate of drug-likeness (QED) is 0.508. The maximum Gasteiger partial charge on any atom is 0.187 e. The van der Waals surface area contributed by atoms with Gasteiger partial charge in [-0.15, -0.1) is 0 Å². The second-order valence-electron chi connectivity index (χ2n) is 3.38. The lowest BCUT2D eigenvalue weighted by Crippen LogP contribution is -1.93. The highest BCUT2D eigenvalue weighted by molar-refractivity contribution is 7.98. The summed E-state index contributed by atoms with van der Waals surface area (Å²) < 4.78 is 1.96. The van der Waals surface area contributed by atoms with E-state index in [0.29, 0.717) is 0 Å². The molecule has 0 radical (unpaired) electrons. The van der Waals surface area contributed by atoms with Gasteiger partial charge in [-0.25, -0.2) is 15.0 Å². The van der Waals surface area contributed by atoms with Crippen LogP contribution in [-0.2, 0) is 0 Å². The van der Waals surface area contributed by atoms with Crippen molar-refractivity contribution in [3.8, 4) is 11.4 Å². The van der Waals surface area contributed by atoms with Crippen molar-refractivity contribution < 1.29 is 0 Å². The van der Waals surface area contributed by atoms with E-state index >= 15 is 0 Å². The van der Waals surface area contributed by atoms with Crippen molar-refractivity contribution in [1.29, 1.82) is 0 Å². The summed E-state index contributed by atoms with van der Waals surface area (Å²) in [4.78, 5) is 16.9. The summed E-state index contributed by atoms with van der Waals surface area (Å²) in [6.45, 7) is 0. The van der Waals surface area contributed by atoms with Crippen LogP contribution in [0.5, 0.6) is 0 Å². The second-order valence-corrected chi connectivity index (χ2v) is 4.15. The molecular weight excluding hydrogens is 234 g/mol. The molecule has 0 aliphatic heterocycles. The van der Waals surface area contributed by atoms with Gasteiger partial charge in [-0.1, -0.05) is 11.8 Å². The normalized spacial score (nSPS) is 10.9. The van der Waals surface area contributed by atoms with Crippen LogP contribution in [0.25, 0.3) is 17.0 Å². The van der Waals surface area contributed by atoms with Gasteiger partial charge >= 0.3 is 0 Å². The number of aromatic nitrogens is 5. The minimum Gasteiger partial charge on any atom is -0.295 e. The van der Waals surface area contributed by atoms with Crippen molar-refractivity contribution in [2.75, 3.05) is 6.26 Å². The summed E-state index contributed by atoms with van der Waals surface area (Å²) in [7, 11) is 0. The van der Waals surface area contributed by atoms with E-state index in [9.17, 15) is 0 Å². The van der Waals surface area contributed by atoms with Gasteiger partial charge in [0.2, 0.25) is 0 Å². The fraction of sp³-hybridized carbons (Fsp3) is 0.0909. The molecule has 0 unspecified atom stereocenters.